The van der Waals surface area contributed by atoms with Crippen molar-refractivity contribution in [3.63, 3.8) is 0 Å². The summed E-state index contributed by atoms with van der Waals surface area (Å²) in [6.07, 6.45) is 12.0. The predicted octanol–water partition coefficient (Wildman–Crippen LogP) is 2.91. The summed E-state index contributed by atoms with van der Waals surface area (Å²) in [5.74, 6) is -0.0628. The summed E-state index contributed by atoms with van der Waals surface area (Å²) in [6, 6.07) is 4.42. The van der Waals surface area contributed by atoms with Gasteiger partial charge in [0.05, 0.1) is 5.56 Å². The summed E-state index contributed by atoms with van der Waals surface area (Å²) >= 11 is 1.57. The molecule has 2 aromatic rings. The van der Waals surface area contributed by atoms with E-state index in [1.54, 1.807) is 11.3 Å². The molecular formula is C19H20N3OS+. The molecule has 1 N–H and O–H groups in total. The Labute approximate surface area is 145 Å². The number of fused-ring (bicyclic) bond motifs is 2. The first-order valence-electron chi connectivity index (χ1n) is 8.60. The molecule has 5 heteroatoms. The number of nitriles is 1. The van der Waals surface area contributed by atoms with Gasteiger partial charge >= 0.3 is 0 Å². The summed E-state index contributed by atoms with van der Waals surface area (Å²) in [4.78, 5) is 13.7. The summed E-state index contributed by atoms with van der Waals surface area (Å²) in [7, 11) is 0. The molecule has 0 radical (unpaired) electrons. The number of carbonyl (C=O) groups is 1. The number of nitrogens with zero attached hydrogens (tertiary/aromatic N) is 2. The SMILES string of the molecule is N#Cc1c(NC(=O)C[n+]2ccc3c(c2)CCCC3)sc2c1CCC2. The van der Waals surface area contributed by atoms with Gasteiger partial charge < -0.3 is 5.32 Å². The number of nitrogens with one attached hydrogen (secondary N) is 1. The quantitative estimate of drug-likeness (QED) is 0.875. The van der Waals surface area contributed by atoms with Gasteiger partial charge in [-0.3, -0.25) is 4.79 Å². The number of anilines is 1. The van der Waals surface area contributed by atoms with Crippen LogP contribution in [0.15, 0.2) is 18.5 Å². The van der Waals surface area contributed by atoms with Crippen LogP contribution < -0.4 is 9.88 Å². The zero-order valence-corrected chi connectivity index (χ0v) is 14.4. The predicted molar refractivity (Wildman–Crippen MR) is 93.0 cm³/mol. The molecular weight excluding hydrogens is 318 g/mol. The first-order chi connectivity index (χ1) is 11.7. The molecule has 4 rings (SSSR count). The van der Waals surface area contributed by atoms with Gasteiger partial charge in [0.15, 0.2) is 12.4 Å². The van der Waals surface area contributed by atoms with Crippen LogP contribution in [0.25, 0.3) is 0 Å². The summed E-state index contributed by atoms with van der Waals surface area (Å²) in [6.45, 7) is 0.292. The molecule has 0 saturated carbocycles. The highest BCUT2D eigenvalue weighted by Crippen LogP contribution is 2.38. The number of hydrogen-bond acceptors (Lipinski definition) is 3. The molecule has 0 fully saturated rings. The highest BCUT2D eigenvalue weighted by atomic mass is 32.1. The van der Waals surface area contributed by atoms with Crippen LogP contribution in [-0.4, -0.2) is 5.91 Å². The van der Waals surface area contributed by atoms with E-state index in [2.05, 4.69) is 23.6 Å². The Morgan fingerprint density at radius 2 is 2.04 bits per heavy atom. The van der Waals surface area contributed by atoms with E-state index < -0.39 is 0 Å². The second-order valence-electron chi connectivity index (χ2n) is 6.60. The van der Waals surface area contributed by atoms with Crippen molar-refractivity contribution in [1.29, 1.82) is 5.26 Å². The van der Waals surface area contributed by atoms with Gasteiger partial charge in [0.25, 0.3) is 5.91 Å². The van der Waals surface area contributed by atoms with E-state index in [9.17, 15) is 10.1 Å². The van der Waals surface area contributed by atoms with Crippen molar-refractivity contribution < 1.29 is 9.36 Å². The number of rotatable bonds is 3. The minimum absolute atomic E-state index is 0.0628. The molecule has 2 aliphatic rings. The molecule has 0 saturated heterocycles. The Morgan fingerprint density at radius 1 is 1.21 bits per heavy atom. The number of amides is 1. The van der Waals surface area contributed by atoms with Crippen molar-refractivity contribution in [2.24, 2.45) is 0 Å². The Balaban J connectivity index is 1.49. The molecule has 0 aromatic carbocycles. The van der Waals surface area contributed by atoms with Crippen molar-refractivity contribution in [3.05, 3.63) is 45.6 Å². The first kappa shape index (κ1) is 15.3. The van der Waals surface area contributed by atoms with Crippen LogP contribution in [0.5, 0.6) is 0 Å². The van der Waals surface area contributed by atoms with Crippen molar-refractivity contribution in [2.45, 2.75) is 51.5 Å². The van der Waals surface area contributed by atoms with Crippen LogP contribution in [0.3, 0.4) is 0 Å². The van der Waals surface area contributed by atoms with E-state index in [1.807, 2.05) is 10.8 Å². The topological polar surface area (TPSA) is 56.8 Å². The van der Waals surface area contributed by atoms with Crippen LogP contribution in [0.4, 0.5) is 5.00 Å². The van der Waals surface area contributed by atoms with Gasteiger partial charge in [-0.2, -0.15) is 9.83 Å². The van der Waals surface area contributed by atoms with E-state index in [-0.39, 0.29) is 5.91 Å². The third-order valence-corrected chi connectivity index (χ3v) is 6.16. The second kappa shape index (κ2) is 6.37. The number of thiophene rings is 1. The molecule has 0 unspecified atom stereocenters. The molecule has 24 heavy (non-hydrogen) atoms. The van der Waals surface area contributed by atoms with Crippen molar-refractivity contribution in [2.75, 3.05) is 5.32 Å². The molecule has 0 spiro atoms. The lowest BCUT2D eigenvalue weighted by atomic mass is 9.93. The van der Waals surface area contributed by atoms with Gasteiger partial charge in [0.1, 0.15) is 11.1 Å². The minimum atomic E-state index is -0.0628. The molecule has 122 valence electrons. The van der Waals surface area contributed by atoms with Gasteiger partial charge in [-0.05, 0) is 56.1 Å². The third kappa shape index (κ3) is 2.83. The van der Waals surface area contributed by atoms with E-state index in [4.69, 9.17) is 0 Å². The standard InChI is InChI=1S/C19H19N3OS/c20-10-16-15-6-3-7-17(15)24-19(16)21-18(23)12-22-9-8-13-4-1-2-5-14(13)11-22/h8-9,11H,1-7,12H2/p+1. The lowest BCUT2D eigenvalue weighted by molar-refractivity contribution is -0.684. The highest BCUT2D eigenvalue weighted by molar-refractivity contribution is 7.16. The van der Waals surface area contributed by atoms with Crippen LogP contribution in [0.2, 0.25) is 0 Å². The molecule has 1 amide bonds. The molecule has 0 bridgehead atoms. The van der Waals surface area contributed by atoms with Gasteiger partial charge in [-0.15, -0.1) is 11.3 Å². The highest BCUT2D eigenvalue weighted by Gasteiger charge is 2.24. The number of pyridine rings is 1. The van der Waals surface area contributed by atoms with Gasteiger partial charge in [-0.1, -0.05) is 0 Å². The van der Waals surface area contributed by atoms with Gasteiger partial charge in [0, 0.05) is 16.5 Å². The smallest absolute Gasteiger partial charge is 0.290 e. The number of aryl methyl sites for hydroxylation is 3. The molecule has 2 heterocycles. The average Bonchev–Trinajstić information content (AvgIpc) is 3.15. The normalized spacial score (nSPS) is 15.5. The number of hydrogen-bond donors (Lipinski definition) is 1. The van der Waals surface area contributed by atoms with Crippen molar-refractivity contribution >= 4 is 22.2 Å². The van der Waals surface area contributed by atoms with Crippen molar-refractivity contribution in [1.82, 2.24) is 0 Å². The van der Waals surface area contributed by atoms with E-state index in [1.165, 1.54) is 28.8 Å². The zero-order valence-electron chi connectivity index (χ0n) is 13.6. The van der Waals surface area contributed by atoms with Crippen LogP contribution >= 0.6 is 11.3 Å². The lowest BCUT2D eigenvalue weighted by Crippen LogP contribution is -2.40. The fraction of sp³-hybridized carbons (Fsp3) is 0.421. The molecule has 2 aromatic heterocycles. The number of aromatic nitrogens is 1. The minimum Gasteiger partial charge on any atom is -0.311 e. The monoisotopic (exact) mass is 338 g/mol. The van der Waals surface area contributed by atoms with E-state index in [0.29, 0.717) is 12.1 Å². The Bertz CT molecular complexity index is 847. The van der Waals surface area contributed by atoms with Crippen LogP contribution in [0, 0.1) is 11.3 Å². The maximum Gasteiger partial charge on any atom is 0.290 e. The Hall–Kier alpha value is -2.19. The van der Waals surface area contributed by atoms with Gasteiger partial charge in [0.2, 0.25) is 6.54 Å². The largest absolute Gasteiger partial charge is 0.311 e. The molecule has 0 aliphatic heterocycles. The fourth-order valence-corrected chi connectivity index (χ4v) is 5.02. The maximum absolute atomic E-state index is 12.4. The third-order valence-electron chi connectivity index (χ3n) is 4.96. The summed E-state index contributed by atoms with van der Waals surface area (Å²) < 4.78 is 1.95. The fourth-order valence-electron chi connectivity index (χ4n) is 3.76. The summed E-state index contributed by atoms with van der Waals surface area (Å²) in [5, 5.41) is 13.1. The maximum atomic E-state index is 12.4. The lowest BCUT2D eigenvalue weighted by Gasteiger charge is -2.13. The first-order valence-corrected chi connectivity index (χ1v) is 9.41. The van der Waals surface area contributed by atoms with E-state index in [0.717, 1.165) is 42.7 Å². The van der Waals surface area contributed by atoms with Crippen molar-refractivity contribution in [3.8, 4) is 6.07 Å². The van der Waals surface area contributed by atoms with Gasteiger partial charge in [-0.25, -0.2) is 0 Å². The average molecular weight is 338 g/mol. The second-order valence-corrected chi connectivity index (χ2v) is 7.70. The summed E-state index contributed by atoms with van der Waals surface area (Å²) in [5.41, 5.74) is 4.61. The Morgan fingerprint density at radius 3 is 2.88 bits per heavy atom. The van der Waals surface area contributed by atoms with E-state index >= 15 is 0 Å². The number of carbonyl (C=O) groups excluding carboxylic acids is 1. The van der Waals surface area contributed by atoms with Crippen LogP contribution in [-0.2, 0) is 37.0 Å². The Kier molecular flexibility index (Phi) is 4.07. The molecule has 2 aliphatic carbocycles. The zero-order chi connectivity index (χ0) is 16.5. The molecule has 0 atom stereocenters. The molecule has 4 nitrogen and oxygen atoms in total. The van der Waals surface area contributed by atoms with Crippen LogP contribution in [0.1, 0.15) is 46.4 Å².